The number of carbonyl (C=O) groups is 2. The van der Waals surface area contributed by atoms with E-state index in [4.69, 9.17) is 20.8 Å². The van der Waals surface area contributed by atoms with Crippen molar-refractivity contribution in [1.82, 2.24) is 5.32 Å². The predicted molar refractivity (Wildman–Crippen MR) is 93.7 cm³/mol. The summed E-state index contributed by atoms with van der Waals surface area (Å²) in [7, 11) is 1.46. The highest BCUT2D eigenvalue weighted by Crippen LogP contribution is 2.30. The molecule has 0 saturated heterocycles. The lowest BCUT2D eigenvalue weighted by molar-refractivity contribution is -0.402. The van der Waals surface area contributed by atoms with Crippen molar-refractivity contribution >= 4 is 35.0 Å². The number of anilines is 1. The molecule has 0 unspecified atom stereocenters. The van der Waals surface area contributed by atoms with E-state index in [1.807, 2.05) is 0 Å². The number of halogens is 1. The van der Waals surface area contributed by atoms with Crippen molar-refractivity contribution in [3.63, 3.8) is 0 Å². The van der Waals surface area contributed by atoms with Crippen LogP contribution in [0.3, 0.4) is 0 Å². The number of rotatable bonds is 7. The Morgan fingerprint density at radius 1 is 1.35 bits per heavy atom. The molecule has 0 radical (unpaired) electrons. The van der Waals surface area contributed by atoms with Gasteiger partial charge in [-0.15, -0.1) is 0 Å². The van der Waals surface area contributed by atoms with E-state index in [9.17, 15) is 19.7 Å². The summed E-state index contributed by atoms with van der Waals surface area (Å²) in [5.74, 6) is -1.31. The van der Waals surface area contributed by atoms with Gasteiger partial charge in [0.1, 0.15) is 10.7 Å². The number of benzene rings is 1. The molecule has 0 aliphatic carbocycles. The van der Waals surface area contributed by atoms with E-state index < -0.39 is 16.7 Å². The normalized spacial score (nSPS) is 10.3. The van der Waals surface area contributed by atoms with Crippen LogP contribution in [0.1, 0.15) is 22.5 Å². The molecule has 2 N–H and O–H groups in total. The van der Waals surface area contributed by atoms with E-state index in [1.165, 1.54) is 13.2 Å². The first kappa shape index (κ1) is 19.3. The van der Waals surface area contributed by atoms with Gasteiger partial charge in [-0.1, -0.05) is 11.6 Å². The van der Waals surface area contributed by atoms with Crippen LogP contribution >= 0.6 is 11.6 Å². The number of nitro groups is 1. The van der Waals surface area contributed by atoms with Crippen molar-refractivity contribution in [2.75, 3.05) is 19.0 Å². The zero-order chi connectivity index (χ0) is 19.3. The molecule has 2 aromatic rings. The predicted octanol–water partition coefficient (Wildman–Crippen LogP) is 2.92. The van der Waals surface area contributed by atoms with E-state index in [0.29, 0.717) is 16.5 Å². The number of aryl methyl sites for hydroxylation is 1. The van der Waals surface area contributed by atoms with Gasteiger partial charge in [0.25, 0.3) is 5.91 Å². The van der Waals surface area contributed by atoms with Gasteiger partial charge in [0.15, 0.2) is 5.76 Å². The third kappa shape index (κ3) is 4.73. The summed E-state index contributed by atoms with van der Waals surface area (Å²) in [6.07, 6.45) is -0.0145. The van der Waals surface area contributed by atoms with Crippen molar-refractivity contribution in [1.29, 1.82) is 0 Å². The van der Waals surface area contributed by atoms with Crippen LogP contribution < -0.4 is 15.4 Å². The zero-order valence-electron chi connectivity index (χ0n) is 14.0. The first-order valence-corrected chi connectivity index (χ1v) is 7.86. The van der Waals surface area contributed by atoms with Gasteiger partial charge in [0, 0.05) is 24.1 Å². The Kier molecular flexibility index (Phi) is 6.18. The molecule has 0 bridgehead atoms. The molecule has 9 nitrogen and oxygen atoms in total. The number of nitrogens with one attached hydrogen (secondary N) is 2. The smallest absolute Gasteiger partial charge is 0.433 e. The summed E-state index contributed by atoms with van der Waals surface area (Å²) < 4.78 is 9.94. The van der Waals surface area contributed by atoms with E-state index in [1.54, 1.807) is 19.1 Å². The van der Waals surface area contributed by atoms with E-state index >= 15 is 0 Å². The van der Waals surface area contributed by atoms with Gasteiger partial charge in [-0.05, 0) is 24.6 Å². The van der Waals surface area contributed by atoms with E-state index in [-0.39, 0.29) is 24.6 Å². The highest BCUT2D eigenvalue weighted by molar-refractivity contribution is 6.31. The molecule has 26 heavy (non-hydrogen) atoms. The summed E-state index contributed by atoms with van der Waals surface area (Å²) in [5, 5.41) is 16.2. The number of carbonyl (C=O) groups excluding carboxylic acids is 2. The molecular formula is C16H16ClN3O6. The topological polar surface area (TPSA) is 124 Å². The molecule has 2 amide bonds. The Balaban J connectivity index is 1.88. The minimum absolute atomic E-state index is 0.0145. The molecule has 10 heteroatoms. The monoisotopic (exact) mass is 381 g/mol. The Bertz CT molecular complexity index is 849. The van der Waals surface area contributed by atoms with Crippen LogP contribution in [-0.2, 0) is 4.79 Å². The molecule has 0 saturated carbocycles. The zero-order valence-corrected chi connectivity index (χ0v) is 14.8. The summed E-state index contributed by atoms with van der Waals surface area (Å²) in [5.41, 5.74) is 1.24. The maximum Gasteiger partial charge on any atom is 0.433 e. The second kappa shape index (κ2) is 8.34. The van der Waals surface area contributed by atoms with Gasteiger partial charge >= 0.3 is 5.88 Å². The Labute approximate surface area is 153 Å². The molecule has 0 fully saturated rings. The summed E-state index contributed by atoms with van der Waals surface area (Å²) >= 11 is 6.01. The number of amides is 2. The Morgan fingerprint density at radius 2 is 2.08 bits per heavy atom. The number of hydrogen-bond acceptors (Lipinski definition) is 6. The fraction of sp³-hybridized carbons (Fsp3) is 0.250. The number of ether oxygens (including phenoxy) is 1. The lowest BCUT2D eigenvalue weighted by Crippen LogP contribution is -2.27. The molecule has 1 aromatic heterocycles. The van der Waals surface area contributed by atoms with Crippen LogP contribution in [0.15, 0.2) is 28.7 Å². The molecule has 138 valence electrons. The van der Waals surface area contributed by atoms with E-state index in [2.05, 4.69) is 10.6 Å². The molecule has 0 aliphatic rings. The van der Waals surface area contributed by atoms with Gasteiger partial charge in [0.05, 0.1) is 18.9 Å². The average Bonchev–Trinajstić information content (AvgIpc) is 3.08. The Morgan fingerprint density at radius 3 is 2.69 bits per heavy atom. The molecule has 0 atom stereocenters. The van der Waals surface area contributed by atoms with Gasteiger partial charge in [-0.2, -0.15) is 0 Å². The van der Waals surface area contributed by atoms with Crippen LogP contribution in [0.4, 0.5) is 11.6 Å². The van der Waals surface area contributed by atoms with Crippen molar-refractivity contribution in [2.45, 2.75) is 13.3 Å². The Hall–Kier alpha value is -3.07. The van der Waals surface area contributed by atoms with Gasteiger partial charge in [0.2, 0.25) is 5.91 Å². The van der Waals surface area contributed by atoms with Crippen molar-refractivity contribution in [3.05, 3.63) is 50.7 Å². The lowest BCUT2D eigenvalue weighted by atomic mass is 10.2. The van der Waals surface area contributed by atoms with Crippen LogP contribution in [0.25, 0.3) is 0 Å². The van der Waals surface area contributed by atoms with Gasteiger partial charge in [-0.25, -0.2) is 0 Å². The van der Waals surface area contributed by atoms with Gasteiger partial charge < -0.3 is 19.8 Å². The quantitative estimate of drug-likeness (QED) is 0.561. The van der Waals surface area contributed by atoms with Gasteiger partial charge in [-0.3, -0.25) is 19.7 Å². The second-order valence-electron chi connectivity index (χ2n) is 5.25. The first-order valence-electron chi connectivity index (χ1n) is 7.48. The van der Waals surface area contributed by atoms with Crippen LogP contribution in [0.5, 0.6) is 5.75 Å². The molecular weight excluding hydrogens is 366 g/mol. The summed E-state index contributed by atoms with van der Waals surface area (Å²) in [4.78, 5) is 33.6. The lowest BCUT2D eigenvalue weighted by Gasteiger charge is -2.12. The maximum absolute atomic E-state index is 12.0. The van der Waals surface area contributed by atoms with Crippen molar-refractivity contribution in [2.24, 2.45) is 0 Å². The standard InChI is InChI=1S/C16H16ClN3O6/c1-9-7-11(13(25-2)8-10(9)17)19-14(21)5-6-18-16(22)12-3-4-15(26-12)20(23)24/h3-4,7-8H,5-6H2,1-2H3,(H,18,22)(H,19,21). The van der Waals surface area contributed by atoms with Crippen LogP contribution in [-0.4, -0.2) is 30.4 Å². The molecule has 0 aliphatic heterocycles. The van der Waals surface area contributed by atoms with Crippen LogP contribution in [0.2, 0.25) is 5.02 Å². The number of methoxy groups -OCH3 is 1. The fourth-order valence-electron chi connectivity index (χ4n) is 2.07. The third-order valence-corrected chi connectivity index (χ3v) is 3.80. The van der Waals surface area contributed by atoms with Crippen molar-refractivity contribution in [3.8, 4) is 5.75 Å². The SMILES string of the molecule is COc1cc(Cl)c(C)cc1NC(=O)CCNC(=O)c1ccc([N+](=O)[O-])o1. The highest BCUT2D eigenvalue weighted by atomic mass is 35.5. The molecule has 2 rings (SSSR count). The van der Waals surface area contributed by atoms with Crippen LogP contribution in [0, 0.1) is 17.0 Å². The second-order valence-corrected chi connectivity index (χ2v) is 5.66. The maximum atomic E-state index is 12.0. The fourth-order valence-corrected chi connectivity index (χ4v) is 2.22. The average molecular weight is 382 g/mol. The molecule has 1 aromatic carbocycles. The van der Waals surface area contributed by atoms with Crippen molar-refractivity contribution < 1.29 is 23.7 Å². The molecule has 1 heterocycles. The number of hydrogen-bond donors (Lipinski definition) is 2. The molecule has 0 spiro atoms. The van der Waals surface area contributed by atoms with E-state index in [0.717, 1.165) is 11.6 Å². The minimum Gasteiger partial charge on any atom is -0.495 e. The number of nitrogens with zero attached hydrogens (tertiary/aromatic N) is 1. The summed E-state index contributed by atoms with van der Waals surface area (Å²) in [6.45, 7) is 1.81. The largest absolute Gasteiger partial charge is 0.495 e. The first-order chi connectivity index (χ1) is 12.3. The third-order valence-electron chi connectivity index (χ3n) is 3.39. The highest BCUT2D eigenvalue weighted by Gasteiger charge is 2.17. The number of furan rings is 1. The minimum atomic E-state index is -0.744. The summed E-state index contributed by atoms with van der Waals surface area (Å²) in [6, 6.07) is 5.55.